The molecular weight excluding hydrogens is 431 g/mol. The summed E-state index contributed by atoms with van der Waals surface area (Å²) in [6.45, 7) is 1.71. The Hall–Kier alpha value is -3.51. The Kier molecular flexibility index (Phi) is 5.80. The van der Waals surface area contributed by atoms with Crippen LogP contribution in [0.1, 0.15) is 59.2 Å². The average molecular weight is 451 g/mol. The number of nitrogens with zero attached hydrogens (tertiary/aromatic N) is 5. The molecule has 3 aromatic heterocycles. The molecule has 10 nitrogen and oxygen atoms in total. The summed E-state index contributed by atoms with van der Waals surface area (Å²) in [6.07, 6.45) is -1.20. The minimum Gasteiger partial charge on any atom is -0.349 e. The van der Waals surface area contributed by atoms with Crippen LogP contribution in [0.3, 0.4) is 0 Å². The van der Waals surface area contributed by atoms with Gasteiger partial charge in [-0.05, 0) is 42.5 Å². The molecule has 2 amide bonds. The fourth-order valence-electron chi connectivity index (χ4n) is 3.29. The molecule has 0 saturated heterocycles. The molecule has 0 radical (unpaired) electrons. The van der Waals surface area contributed by atoms with Crippen molar-refractivity contribution in [1.29, 1.82) is 0 Å². The van der Waals surface area contributed by atoms with Crippen molar-refractivity contribution >= 4 is 17.5 Å². The van der Waals surface area contributed by atoms with Gasteiger partial charge in [0.05, 0.1) is 37.1 Å². The fraction of sp³-hybridized carbons (Fsp3) is 0.474. The van der Waals surface area contributed by atoms with Crippen LogP contribution in [0.2, 0.25) is 0 Å². The molecule has 13 heteroatoms. The summed E-state index contributed by atoms with van der Waals surface area (Å²) >= 11 is 0. The van der Waals surface area contributed by atoms with E-state index in [4.69, 9.17) is 0 Å². The zero-order valence-corrected chi connectivity index (χ0v) is 17.0. The lowest BCUT2D eigenvalue weighted by atomic mass is 10.0. The Morgan fingerprint density at radius 1 is 1.31 bits per heavy atom. The average Bonchev–Trinajstić information content (AvgIpc) is 3.35. The minimum absolute atomic E-state index is 0.0858. The number of carbonyl (C=O) groups is 2. The van der Waals surface area contributed by atoms with Crippen molar-refractivity contribution in [3.05, 3.63) is 41.1 Å². The summed E-state index contributed by atoms with van der Waals surface area (Å²) in [6, 6.07) is 1.31. The van der Waals surface area contributed by atoms with E-state index < -0.39 is 36.9 Å². The molecular formula is C19H20F3N7O3. The number of amides is 2. The molecule has 4 rings (SSSR count). The number of halogens is 3. The molecule has 1 saturated carbocycles. The summed E-state index contributed by atoms with van der Waals surface area (Å²) < 4.78 is 43.2. The van der Waals surface area contributed by atoms with Crippen LogP contribution in [0, 0.1) is 12.8 Å². The van der Waals surface area contributed by atoms with E-state index in [0.717, 1.165) is 12.8 Å². The highest BCUT2D eigenvalue weighted by Crippen LogP contribution is 2.41. The molecule has 1 unspecified atom stereocenters. The highest BCUT2D eigenvalue weighted by Gasteiger charge is 2.35. The Morgan fingerprint density at radius 2 is 2.09 bits per heavy atom. The van der Waals surface area contributed by atoms with Crippen molar-refractivity contribution in [2.24, 2.45) is 5.92 Å². The monoisotopic (exact) mass is 451 g/mol. The molecule has 0 spiro atoms. The van der Waals surface area contributed by atoms with Gasteiger partial charge in [0.1, 0.15) is 5.69 Å². The van der Waals surface area contributed by atoms with Gasteiger partial charge in [-0.15, -0.1) is 0 Å². The highest BCUT2D eigenvalue weighted by molar-refractivity contribution is 5.92. The van der Waals surface area contributed by atoms with E-state index in [-0.39, 0.29) is 18.2 Å². The van der Waals surface area contributed by atoms with Crippen molar-refractivity contribution < 1.29 is 27.4 Å². The second-order valence-corrected chi connectivity index (χ2v) is 7.70. The molecule has 0 aliphatic heterocycles. The lowest BCUT2D eigenvalue weighted by Crippen LogP contribution is -2.30. The first-order chi connectivity index (χ1) is 15.2. The maximum absolute atomic E-state index is 12.4. The first-order valence-corrected chi connectivity index (χ1v) is 9.97. The number of fused-ring (bicyclic) bond motifs is 1. The number of aryl methyl sites for hydroxylation is 1. The largest absolute Gasteiger partial charge is 0.389 e. The van der Waals surface area contributed by atoms with E-state index in [1.54, 1.807) is 25.4 Å². The molecule has 1 fully saturated rings. The van der Waals surface area contributed by atoms with E-state index in [9.17, 15) is 22.8 Å². The molecule has 1 atom stereocenters. The third kappa shape index (κ3) is 5.21. The molecule has 3 heterocycles. The molecule has 1 aliphatic carbocycles. The zero-order chi connectivity index (χ0) is 22.9. The van der Waals surface area contributed by atoms with Crippen molar-refractivity contribution in [2.75, 3.05) is 0 Å². The van der Waals surface area contributed by atoms with Crippen LogP contribution >= 0.6 is 0 Å². The third-order valence-corrected chi connectivity index (χ3v) is 5.09. The Balaban J connectivity index is 1.43. The quantitative estimate of drug-likeness (QED) is 0.538. The standard InChI is InChI=1S/C19H20F3N7O3/c1-10-16(28-32-27-10)18(31)23-8-13-9-29-14(25-13)6-12(7-24-29)17(11-2-3-11)26-15(30)4-5-19(20,21)22/h6-7,9,11,17H,2-5,8H2,1H3,(H,23,31)(H,26,30). The van der Waals surface area contributed by atoms with Gasteiger partial charge in [-0.1, -0.05) is 5.16 Å². The molecule has 170 valence electrons. The van der Waals surface area contributed by atoms with Crippen LogP contribution < -0.4 is 10.6 Å². The first kappa shape index (κ1) is 21.7. The van der Waals surface area contributed by atoms with Gasteiger partial charge in [-0.3, -0.25) is 9.59 Å². The molecule has 2 N–H and O–H groups in total. The molecule has 3 aromatic rings. The number of imidazole rings is 1. The summed E-state index contributed by atoms with van der Waals surface area (Å²) in [5, 5.41) is 16.8. The first-order valence-electron chi connectivity index (χ1n) is 9.97. The van der Waals surface area contributed by atoms with Crippen molar-refractivity contribution in [3.8, 4) is 0 Å². The van der Waals surface area contributed by atoms with E-state index in [1.165, 1.54) is 4.52 Å². The van der Waals surface area contributed by atoms with Gasteiger partial charge < -0.3 is 10.6 Å². The molecule has 0 aromatic carbocycles. The number of hydrogen-bond donors (Lipinski definition) is 2. The van der Waals surface area contributed by atoms with Gasteiger partial charge in [0, 0.05) is 6.42 Å². The summed E-state index contributed by atoms with van der Waals surface area (Å²) in [5.41, 5.74) is 2.15. The SMILES string of the molecule is Cc1nonc1C(=O)NCc1cn2ncc(C(NC(=O)CCC(F)(F)F)C3CC3)cc2n1. The van der Waals surface area contributed by atoms with Gasteiger partial charge in [-0.2, -0.15) is 18.3 Å². The fourth-order valence-corrected chi connectivity index (χ4v) is 3.29. The van der Waals surface area contributed by atoms with Crippen molar-refractivity contribution in [2.45, 2.75) is 51.4 Å². The van der Waals surface area contributed by atoms with E-state index in [0.29, 0.717) is 22.6 Å². The van der Waals surface area contributed by atoms with Crippen LogP contribution in [0.25, 0.3) is 5.65 Å². The lowest BCUT2D eigenvalue weighted by molar-refractivity contribution is -0.144. The van der Waals surface area contributed by atoms with E-state index in [2.05, 4.69) is 35.7 Å². The molecule has 32 heavy (non-hydrogen) atoms. The van der Waals surface area contributed by atoms with Gasteiger partial charge >= 0.3 is 6.18 Å². The Labute approximate surface area is 179 Å². The maximum Gasteiger partial charge on any atom is 0.389 e. The van der Waals surface area contributed by atoms with E-state index >= 15 is 0 Å². The number of alkyl halides is 3. The number of aromatic nitrogens is 5. The van der Waals surface area contributed by atoms with Gasteiger partial charge in [-0.25, -0.2) is 14.1 Å². The minimum atomic E-state index is -4.38. The highest BCUT2D eigenvalue weighted by atomic mass is 19.4. The second-order valence-electron chi connectivity index (χ2n) is 7.70. The summed E-state index contributed by atoms with van der Waals surface area (Å²) in [4.78, 5) is 28.6. The second kappa shape index (κ2) is 8.55. The lowest BCUT2D eigenvalue weighted by Gasteiger charge is -2.19. The van der Waals surface area contributed by atoms with Crippen LogP contribution in [-0.2, 0) is 11.3 Å². The Bertz CT molecular complexity index is 1140. The smallest absolute Gasteiger partial charge is 0.349 e. The normalized spacial score (nSPS) is 15.0. The van der Waals surface area contributed by atoms with Gasteiger partial charge in [0.2, 0.25) is 5.91 Å². The van der Waals surface area contributed by atoms with E-state index in [1.807, 2.05) is 0 Å². The third-order valence-electron chi connectivity index (χ3n) is 5.09. The predicted molar refractivity (Wildman–Crippen MR) is 102 cm³/mol. The number of nitrogens with one attached hydrogen (secondary N) is 2. The predicted octanol–water partition coefficient (Wildman–Crippen LogP) is 2.26. The van der Waals surface area contributed by atoms with Gasteiger partial charge in [0.15, 0.2) is 11.3 Å². The van der Waals surface area contributed by atoms with Crippen molar-refractivity contribution in [3.63, 3.8) is 0 Å². The van der Waals surface area contributed by atoms with Crippen LogP contribution in [0.4, 0.5) is 13.2 Å². The topological polar surface area (TPSA) is 127 Å². The Morgan fingerprint density at radius 3 is 2.75 bits per heavy atom. The number of hydrogen-bond acceptors (Lipinski definition) is 7. The molecule has 1 aliphatic rings. The van der Waals surface area contributed by atoms with Crippen molar-refractivity contribution in [1.82, 2.24) is 35.5 Å². The van der Waals surface area contributed by atoms with Crippen LogP contribution in [0.5, 0.6) is 0 Å². The van der Waals surface area contributed by atoms with Crippen LogP contribution in [0.15, 0.2) is 23.1 Å². The number of rotatable bonds is 8. The number of carbonyl (C=O) groups excluding carboxylic acids is 2. The molecule has 0 bridgehead atoms. The maximum atomic E-state index is 12.4. The van der Waals surface area contributed by atoms with Gasteiger partial charge in [0.25, 0.3) is 5.91 Å². The summed E-state index contributed by atoms with van der Waals surface area (Å²) in [7, 11) is 0. The zero-order valence-electron chi connectivity index (χ0n) is 17.0. The summed E-state index contributed by atoms with van der Waals surface area (Å²) in [5.74, 6) is -0.949. The van der Waals surface area contributed by atoms with Crippen LogP contribution in [-0.4, -0.2) is 42.9 Å².